The summed E-state index contributed by atoms with van der Waals surface area (Å²) in [7, 11) is 0. The lowest BCUT2D eigenvalue weighted by atomic mass is 10.1. The summed E-state index contributed by atoms with van der Waals surface area (Å²) in [5, 5.41) is 21.4. The van der Waals surface area contributed by atoms with E-state index in [1.807, 2.05) is 36.4 Å². The Morgan fingerprint density at radius 1 is 1.05 bits per heavy atom. The van der Waals surface area contributed by atoms with E-state index in [1.165, 1.54) is 5.56 Å². The summed E-state index contributed by atoms with van der Waals surface area (Å²) in [5.41, 5.74) is 3.25. The zero-order valence-electron chi connectivity index (χ0n) is 11.4. The van der Waals surface area contributed by atoms with Gasteiger partial charge in [-0.1, -0.05) is 24.3 Å². The third-order valence-electron chi connectivity index (χ3n) is 3.13. The highest BCUT2D eigenvalue weighted by atomic mass is 16.3. The Kier molecular flexibility index (Phi) is 5.53. The van der Waals surface area contributed by atoms with E-state index < -0.39 is 6.10 Å². The molecule has 3 N–H and O–H groups in total. The molecule has 1 aromatic carbocycles. The number of aryl methyl sites for hydroxylation is 2. The van der Waals surface area contributed by atoms with E-state index in [4.69, 9.17) is 5.11 Å². The molecule has 1 heterocycles. The Balaban J connectivity index is 1.97. The third-order valence-corrected chi connectivity index (χ3v) is 3.13. The topological polar surface area (TPSA) is 65.4 Å². The number of nitrogens with zero attached hydrogens (tertiary/aromatic N) is 1. The van der Waals surface area contributed by atoms with E-state index in [2.05, 4.69) is 16.4 Å². The molecule has 0 saturated heterocycles. The first-order valence-corrected chi connectivity index (χ1v) is 6.80. The number of hydrogen-bond acceptors (Lipinski definition) is 4. The maximum absolute atomic E-state index is 9.40. The first kappa shape index (κ1) is 14.5. The normalized spacial score (nSPS) is 12.1. The summed E-state index contributed by atoms with van der Waals surface area (Å²) in [6, 6.07) is 13.9. The lowest BCUT2D eigenvalue weighted by molar-refractivity contribution is 0.105. The fourth-order valence-corrected chi connectivity index (χ4v) is 2.01. The summed E-state index contributed by atoms with van der Waals surface area (Å²) >= 11 is 0. The van der Waals surface area contributed by atoms with Crippen LogP contribution < -0.4 is 5.32 Å². The molecule has 0 spiro atoms. The molecule has 4 nitrogen and oxygen atoms in total. The van der Waals surface area contributed by atoms with Crippen LogP contribution in [0, 0.1) is 0 Å². The van der Waals surface area contributed by atoms with Crippen LogP contribution >= 0.6 is 0 Å². The smallest absolute Gasteiger partial charge is 0.0942 e. The van der Waals surface area contributed by atoms with Crippen molar-refractivity contribution < 1.29 is 10.2 Å². The molecule has 0 saturated carbocycles. The van der Waals surface area contributed by atoms with Crippen molar-refractivity contribution in [2.45, 2.75) is 18.9 Å². The molecule has 0 aliphatic rings. The van der Waals surface area contributed by atoms with E-state index in [9.17, 15) is 5.11 Å². The molecule has 1 unspecified atom stereocenters. The number of pyridine rings is 1. The number of benzene rings is 1. The first-order chi connectivity index (χ1) is 9.79. The molecule has 1 atom stereocenters. The van der Waals surface area contributed by atoms with Gasteiger partial charge in [0.15, 0.2) is 0 Å². The SMILES string of the molecule is OCC(O)CNc1ccccc1CCc1ccccn1. The predicted molar refractivity (Wildman–Crippen MR) is 79.7 cm³/mol. The van der Waals surface area contributed by atoms with Gasteiger partial charge in [-0.05, 0) is 36.6 Å². The fourth-order valence-electron chi connectivity index (χ4n) is 2.01. The Labute approximate surface area is 119 Å². The zero-order valence-corrected chi connectivity index (χ0v) is 11.4. The van der Waals surface area contributed by atoms with Crippen LogP contribution in [-0.4, -0.2) is 34.5 Å². The van der Waals surface area contributed by atoms with Gasteiger partial charge in [0.25, 0.3) is 0 Å². The number of aromatic nitrogens is 1. The summed E-state index contributed by atoms with van der Waals surface area (Å²) < 4.78 is 0. The molecule has 0 aliphatic heterocycles. The van der Waals surface area contributed by atoms with Crippen molar-refractivity contribution in [2.24, 2.45) is 0 Å². The average molecular weight is 272 g/mol. The number of aliphatic hydroxyl groups excluding tert-OH is 2. The van der Waals surface area contributed by atoms with Gasteiger partial charge in [0.1, 0.15) is 0 Å². The van der Waals surface area contributed by atoms with Gasteiger partial charge >= 0.3 is 0 Å². The summed E-state index contributed by atoms with van der Waals surface area (Å²) in [5.74, 6) is 0. The molecule has 0 fully saturated rings. The van der Waals surface area contributed by atoms with Gasteiger partial charge in [-0.2, -0.15) is 0 Å². The van der Waals surface area contributed by atoms with Crippen LogP contribution in [0.3, 0.4) is 0 Å². The van der Waals surface area contributed by atoms with Crippen molar-refractivity contribution in [3.63, 3.8) is 0 Å². The molecule has 106 valence electrons. The molecule has 4 heteroatoms. The highest BCUT2D eigenvalue weighted by Crippen LogP contribution is 2.17. The van der Waals surface area contributed by atoms with Crippen molar-refractivity contribution in [3.8, 4) is 0 Å². The van der Waals surface area contributed by atoms with Crippen molar-refractivity contribution in [1.82, 2.24) is 4.98 Å². The molecule has 0 aliphatic carbocycles. The molecule has 0 radical (unpaired) electrons. The van der Waals surface area contributed by atoms with E-state index in [0.29, 0.717) is 6.54 Å². The van der Waals surface area contributed by atoms with Gasteiger partial charge < -0.3 is 15.5 Å². The van der Waals surface area contributed by atoms with E-state index in [1.54, 1.807) is 6.20 Å². The van der Waals surface area contributed by atoms with Crippen LogP contribution in [0.4, 0.5) is 5.69 Å². The second-order valence-electron chi connectivity index (χ2n) is 4.70. The second kappa shape index (κ2) is 7.62. The lowest BCUT2D eigenvalue weighted by Gasteiger charge is -2.14. The molecular formula is C16H20N2O2. The summed E-state index contributed by atoms with van der Waals surface area (Å²) in [6.07, 6.45) is 2.83. The number of hydrogen-bond donors (Lipinski definition) is 3. The molecule has 0 amide bonds. The maximum Gasteiger partial charge on any atom is 0.0942 e. The second-order valence-corrected chi connectivity index (χ2v) is 4.70. The van der Waals surface area contributed by atoms with Crippen molar-refractivity contribution in [3.05, 3.63) is 59.9 Å². The Morgan fingerprint density at radius 2 is 1.85 bits per heavy atom. The summed E-state index contributed by atoms with van der Waals surface area (Å²) in [4.78, 5) is 4.32. The average Bonchev–Trinajstić information content (AvgIpc) is 2.52. The van der Waals surface area contributed by atoms with Crippen LogP contribution in [0.25, 0.3) is 0 Å². The predicted octanol–water partition coefficient (Wildman–Crippen LogP) is 1.63. The third kappa shape index (κ3) is 4.33. The number of para-hydroxylation sites is 1. The Bertz CT molecular complexity index is 517. The number of nitrogens with one attached hydrogen (secondary N) is 1. The number of aliphatic hydroxyl groups is 2. The van der Waals surface area contributed by atoms with Gasteiger partial charge in [0.2, 0.25) is 0 Å². The number of anilines is 1. The van der Waals surface area contributed by atoms with Crippen LogP contribution in [0.15, 0.2) is 48.7 Å². The van der Waals surface area contributed by atoms with E-state index in [-0.39, 0.29) is 6.61 Å². The molecule has 0 bridgehead atoms. The molecule has 2 aromatic rings. The highest BCUT2D eigenvalue weighted by molar-refractivity contribution is 5.51. The van der Waals surface area contributed by atoms with Gasteiger partial charge in [0.05, 0.1) is 12.7 Å². The van der Waals surface area contributed by atoms with Crippen molar-refractivity contribution in [2.75, 3.05) is 18.5 Å². The highest BCUT2D eigenvalue weighted by Gasteiger charge is 2.05. The fraction of sp³-hybridized carbons (Fsp3) is 0.312. The van der Waals surface area contributed by atoms with Crippen LogP contribution in [0.1, 0.15) is 11.3 Å². The Hall–Kier alpha value is -1.91. The molecule has 1 aromatic heterocycles. The van der Waals surface area contributed by atoms with Crippen LogP contribution in [0.5, 0.6) is 0 Å². The van der Waals surface area contributed by atoms with Gasteiger partial charge in [0, 0.05) is 24.1 Å². The maximum atomic E-state index is 9.40. The molecule has 20 heavy (non-hydrogen) atoms. The number of rotatable bonds is 7. The van der Waals surface area contributed by atoms with Crippen molar-refractivity contribution >= 4 is 5.69 Å². The first-order valence-electron chi connectivity index (χ1n) is 6.80. The molecular weight excluding hydrogens is 252 g/mol. The quantitative estimate of drug-likeness (QED) is 0.717. The van der Waals surface area contributed by atoms with Gasteiger partial charge in [-0.15, -0.1) is 0 Å². The van der Waals surface area contributed by atoms with Crippen LogP contribution in [0.2, 0.25) is 0 Å². The minimum Gasteiger partial charge on any atom is -0.394 e. The minimum absolute atomic E-state index is 0.233. The lowest BCUT2D eigenvalue weighted by Crippen LogP contribution is -2.23. The zero-order chi connectivity index (χ0) is 14.2. The van der Waals surface area contributed by atoms with Gasteiger partial charge in [-0.25, -0.2) is 0 Å². The van der Waals surface area contributed by atoms with Crippen LogP contribution in [-0.2, 0) is 12.8 Å². The Morgan fingerprint density at radius 3 is 2.60 bits per heavy atom. The summed E-state index contributed by atoms with van der Waals surface area (Å²) in [6.45, 7) is 0.111. The van der Waals surface area contributed by atoms with Crippen molar-refractivity contribution in [1.29, 1.82) is 0 Å². The monoisotopic (exact) mass is 272 g/mol. The van der Waals surface area contributed by atoms with E-state index >= 15 is 0 Å². The van der Waals surface area contributed by atoms with Gasteiger partial charge in [-0.3, -0.25) is 4.98 Å². The largest absolute Gasteiger partial charge is 0.394 e. The molecule has 2 rings (SSSR count). The minimum atomic E-state index is -0.737. The van der Waals surface area contributed by atoms with E-state index in [0.717, 1.165) is 24.2 Å². The standard InChI is InChI=1S/C16H20N2O2/c19-12-15(20)11-18-16-7-2-1-5-13(16)8-9-14-6-3-4-10-17-14/h1-7,10,15,18-20H,8-9,11-12H2.